The molecule has 3 aromatic rings. The number of methoxy groups -OCH3 is 2. The van der Waals surface area contributed by atoms with E-state index < -0.39 is 0 Å². The van der Waals surface area contributed by atoms with E-state index >= 15 is 0 Å². The third-order valence-electron chi connectivity index (χ3n) is 6.49. The van der Waals surface area contributed by atoms with Crippen LogP contribution in [0.5, 0.6) is 17.2 Å². The van der Waals surface area contributed by atoms with Crippen LogP contribution < -0.4 is 19.5 Å². The minimum Gasteiger partial charge on any atom is -0.497 e. The van der Waals surface area contributed by atoms with Crippen molar-refractivity contribution < 1.29 is 23.4 Å². The predicted molar refractivity (Wildman–Crippen MR) is 138 cm³/mol. The van der Waals surface area contributed by atoms with Gasteiger partial charge in [-0.25, -0.2) is 0 Å². The number of nitrogens with one attached hydrogen (secondary N) is 1. The van der Waals surface area contributed by atoms with Gasteiger partial charge in [0.25, 0.3) is 5.91 Å². The number of carbonyl (C=O) groups is 1. The fourth-order valence-electron chi connectivity index (χ4n) is 4.26. The zero-order chi connectivity index (χ0) is 25.3. The number of carbonyl (C=O) groups excluding carboxylic acids is 1. The Bertz CT molecular complexity index is 1110. The lowest BCUT2D eigenvalue weighted by molar-refractivity contribution is 0.0589. The fourth-order valence-corrected chi connectivity index (χ4v) is 4.26. The summed E-state index contributed by atoms with van der Waals surface area (Å²) in [5.74, 6) is 2.65. The summed E-state index contributed by atoms with van der Waals surface area (Å²) >= 11 is 0. The first-order valence-electron chi connectivity index (χ1n) is 12.3. The highest BCUT2D eigenvalue weighted by Crippen LogP contribution is 2.28. The second-order valence-electron chi connectivity index (χ2n) is 8.82. The van der Waals surface area contributed by atoms with E-state index in [2.05, 4.69) is 23.2 Å². The maximum atomic E-state index is 12.4. The van der Waals surface area contributed by atoms with Gasteiger partial charge in [-0.05, 0) is 54.4 Å². The van der Waals surface area contributed by atoms with E-state index in [9.17, 15) is 4.79 Å². The smallest absolute Gasteiger partial charge is 0.289 e. The first-order valence-corrected chi connectivity index (χ1v) is 12.3. The molecule has 36 heavy (non-hydrogen) atoms. The first kappa shape index (κ1) is 25.6. The molecule has 1 amide bonds. The number of ether oxygens (including phenoxy) is 3. The van der Waals surface area contributed by atoms with Crippen molar-refractivity contribution in [2.75, 3.05) is 53.6 Å². The molecule has 1 atom stereocenters. The Balaban J connectivity index is 1.25. The number of amides is 1. The molecule has 2 aromatic carbocycles. The average Bonchev–Trinajstić information content (AvgIpc) is 3.47. The monoisotopic (exact) mass is 493 g/mol. The maximum absolute atomic E-state index is 12.4. The predicted octanol–water partition coefficient (Wildman–Crippen LogP) is 3.98. The van der Waals surface area contributed by atoms with Crippen molar-refractivity contribution in [1.82, 2.24) is 15.1 Å². The number of nitrogens with zero attached hydrogens (tertiary/aromatic N) is 2. The molecule has 1 fully saturated rings. The van der Waals surface area contributed by atoms with Crippen molar-refractivity contribution in [3.8, 4) is 17.2 Å². The third kappa shape index (κ3) is 6.59. The van der Waals surface area contributed by atoms with Crippen LogP contribution in [0.1, 0.15) is 34.6 Å². The summed E-state index contributed by atoms with van der Waals surface area (Å²) in [6.07, 6.45) is 1.53. The largest absolute Gasteiger partial charge is 0.497 e. The quantitative estimate of drug-likeness (QED) is 0.433. The minimum atomic E-state index is -0.0493. The molecule has 0 aliphatic carbocycles. The first-order chi connectivity index (χ1) is 17.6. The minimum absolute atomic E-state index is 0.0493. The van der Waals surface area contributed by atoms with Crippen LogP contribution in [0.4, 0.5) is 0 Å². The van der Waals surface area contributed by atoms with Crippen LogP contribution in [0.25, 0.3) is 0 Å². The molecule has 8 heteroatoms. The van der Waals surface area contributed by atoms with Gasteiger partial charge in [-0.2, -0.15) is 0 Å². The molecular formula is C28H35N3O5. The lowest BCUT2D eigenvalue weighted by Crippen LogP contribution is -2.49. The Morgan fingerprint density at radius 2 is 1.83 bits per heavy atom. The number of rotatable bonds is 11. The summed E-state index contributed by atoms with van der Waals surface area (Å²) in [7, 11) is 3.33. The van der Waals surface area contributed by atoms with Gasteiger partial charge in [-0.3, -0.25) is 9.69 Å². The van der Waals surface area contributed by atoms with Gasteiger partial charge in [-0.15, -0.1) is 0 Å². The van der Waals surface area contributed by atoms with Gasteiger partial charge in [0.1, 0.15) is 12.4 Å². The fraction of sp³-hybridized carbons (Fsp3) is 0.393. The highest BCUT2D eigenvalue weighted by Gasteiger charge is 2.23. The van der Waals surface area contributed by atoms with E-state index in [1.165, 1.54) is 11.8 Å². The van der Waals surface area contributed by atoms with E-state index in [0.717, 1.165) is 36.7 Å². The number of hydrogen-bond donors (Lipinski definition) is 1. The highest BCUT2D eigenvalue weighted by atomic mass is 16.5. The molecule has 0 saturated carbocycles. The van der Waals surface area contributed by atoms with Crippen LogP contribution in [0.2, 0.25) is 0 Å². The van der Waals surface area contributed by atoms with Gasteiger partial charge < -0.3 is 28.8 Å². The molecule has 192 valence electrons. The standard InChI is InChI=1S/C28H35N3O5/c1-21(23-6-4-7-24(19-23)33-2)29-20-22-9-10-25(34-3)27(18-22)36-17-15-30-11-13-31(14-12-30)28(32)26-8-5-16-35-26/h4-10,16,18-19,21,29H,11-15,17,20H2,1-3H3/t21-/m1/s1. The van der Waals surface area contributed by atoms with Crippen LogP contribution in [-0.2, 0) is 6.54 Å². The molecule has 1 saturated heterocycles. The Morgan fingerprint density at radius 3 is 2.56 bits per heavy atom. The Morgan fingerprint density at radius 1 is 1.00 bits per heavy atom. The van der Waals surface area contributed by atoms with Crippen molar-refractivity contribution >= 4 is 5.91 Å². The van der Waals surface area contributed by atoms with Gasteiger partial charge in [0, 0.05) is 45.3 Å². The molecule has 8 nitrogen and oxygen atoms in total. The second-order valence-corrected chi connectivity index (χ2v) is 8.82. The summed E-state index contributed by atoms with van der Waals surface area (Å²) in [6.45, 7) is 7.12. The van der Waals surface area contributed by atoms with Crippen LogP contribution in [0.15, 0.2) is 65.3 Å². The zero-order valence-corrected chi connectivity index (χ0v) is 21.2. The summed E-state index contributed by atoms with van der Waals surface area (Å²) in [5, 5.41) is 3.56. The van der Waals surface area contributed by atoms with Gasteiger partial charge >= 0.3 is 0 Å². The molecule has 2 heterocycles. The van der Waals surface area contributed by atoms with Crippen LogP contribution in [0.3, 0.4) is 0 Å². The molecule has 1 aliphatic heterocycles. The van der Waals surface area contributed by atoms with E-state index in [1.807, 2.05) is 41.3 Å². The van der Waals surface area contributed by atoms with E-state index in [0.29, 0.717) is 37.8 Å². The summed E-state index contributed by atoms with van der Waals surface area (Å²) in [4.78, 5) is 16.6. The lowest BCUT2D eigenvalue weighted by atomic mass is 10.1. The van der Waals surface area contributed by atoms with Crippen LogP contribution in [-0.4, -0.2) is 69.3 Å². The molecular weight excluding hydrogens is 458 g/mol. The van der Waals surface area contributed by atoms with Crippen LogP contribution in [0, 0.1) is 0 Å². The van der Waals surface area contributed by atoms with E-state index in [1.54, 1.807) is 26.4 Å². The van der Waals surface area contributed by atoms with Gasteiger partial charge in [0.15, 0.2) is 17.3 Å². The van der Waals surface area contributed by atoms with E-state index in [-0.39, 0.29) is 11.9 Å². The maximum Gasteiger partial charge on any atom is 0.289 e. The lowest BCUT2D eigenvalue weighted by Gasteiger charge is -2.34. The Labute approximate surface area is 212 Å². The van der Waals surface area contributed by atoms with Gasteiger partial charge in [-0.1, -0.05) is 18.2 Å². The molecule has 4 rings (SSSR count). The molecule has 1 aromatic heterocycles. The highest BCUT2D eigenvalue weighted by molar-refractivity contribution is 5.91. The zero-order valence-electron chi connectivity index (χ0n) is 21.2. The number of furan rings is 1. The van der Waals surface area contributed by atoms with Crippen molar-refractivity contribution in [3.63, 3.8) is 0 Å². The molecule has 0 spiro atoms. The number of piperazine rings is 1. The summed E-state index contributed by atoms with van der Waals surface area (Å²) < 4.78 is 22.2. The van der Waals surface area contributed by atoms with E-state index in [4.69, 9.17) is 18.6 Å². The number of hydrogen-bond acceptors (Lipinski definition) is 7. The summed E-state index contributed by atoms with van der Waals surface area (Å²) in [5.41, 5.74) is 2.29. The third-order valence-corrected chi connectivity index (χ3v) is 6.49. The average molecular weight is 494 g/mol. The molecule has 0 radical (unpaired) electrons. The van der Waals surface area contributed by atoms with Crippen molar-refractivity contribution in [1.29, 1.82) is 0 Å². The molecule has 1 N–H and O–H groups in total. The normalized spacial score (nSPS) is 14.9. The summed E-state index contributed by atoms with van der Waals surface area (Å²) in [6, 6.07) is 17.7. The van der Waals surface area contributed by atoms with Crippen molar-refractivity contribution in [2.45, 2.75) is 19.5 Å². The second kappa shape index (κ2) is 12.5. The van der Waals surface area contributed by atoms with Crippen molar-refractivity contribution in [2.24, 2.45) is 0 Å². The molecule has 0 bridgehead atoms. The topological polar surface area (TPSA) is 76.4 Å². The molecule has 0 unspecified atom stereocenters. The van der Waals surface area contributed by atoms with Gasteiger partial charge in [0.2, 0.25) is 0 Å². The Kier molecular flexibility index (Phi) is 8.86. The van der Waals surface area contributed by atoms with Crippen LogP contribution >= 0.6 is 0 Å². The number of benzene rings is 2. The SMILES string of the molecule is COc1cccc([C@@H](C)NCc2ccc(OC)c(OCCN3CCN(C(=O)c4ccco4)CC3)c2)c1. The van der Waals surface area contributed by atoms with Crippen molar-refractivity contribution in [3.05, 3.63) is 77.7 Å². The Hall–Kier alpha value is -3.49. The van der Waals surface area contributed by atoms with Gasteiger partial charge in [0.05, 0.1) is 20.5 Å². The molecule has 1 aliphatic rings.